The van der Waals surface area contributed by atoms with Crippen LogP contribution < -0.4 is 0 Å². The highest BCUT2D eigenvalue weighted by Gasteiger charge is 2.32. The van der Waals surface area contributed by atoms with Crippen molar-refractivity contribution in [3.63, 3.8) is 0 Å². The summed E-state index contributed by atoms with van der Waals surface area (Å²) in [6.07, 6.45) is 1.57. The third-order valence-corrected chi connectivity index (χ3v) is 4.95. The SMILES string of the molecule is OCC(CO)(CCc1ccsc1)c1ccccc1Br. The van der Waals surface area contributed by atoms with E-state index in [0.717, 1.165) is 22.9 Å². The lowest BCUT2D eigenvalue weighted by Gasteiger charge is -2.31. The maximum absolute atomic E-state index is 9.80. The van der Waals surface area contributed by atoms with Gasteiger partial charge in [-0.2, -0.15) is 11.3 Å². The highest BCUT2D eigenvalue weighted by atomic mass is 79.9. The Labute approximate surface area is 125 Å². The number of thiophene rings is 1. The Morgan fingerprint density at radius 1 is 1.11 bits per heavy atom. The molecule has 0 aliphatic heterocycles. The molecule has 1 aromatic carbocycles. The Balaban J connectivity index is 2.24. The van der Waals surface area contributed by atoms with Crippen molar-refractivity contribution >= 4 is 27.3 Å². The molecule has 0 saturated heterocycles. The zero-order valence-electron chi connectivity index (χ0n) is 10.6. The first-order valence-electron chi connectivity index (χ1n) is 6.20. The summed E-state index contributed by atoms with van der Waals surface area (Å²) < 4.78 is 0.934. The zero-order chi connectivity index (χ0) is 13.7. The standard InChI is InChI=1S/C15H17BrO2S/c16-14-4-2-1-3-13(14)15(10-17,11-18)7-5-12-6-8-19-9-12/h1-4,6,8-9,17-18H,5,7,10-11H2. The minimum absolute atomic E-state index is 0.0593. The van der Waals surface area contributed by atoms with E-state index in [2.05, 4.69) is 27.4 Å². The summed E-state index contributed by atoms with van der Waals surface area (Å²) in [4.78, 5) is 0. The van der Waals surface area contributed by atoms with E-state index in [1.54, 1.807) is 11.3 Å². The van der Waals surface area contributed by atoms with Crippen LogP contribution in [-0.2, 0) is 11.8 Å². The number of halogens is 1. The predicted octanol–water partition coefficient (Wildman–Crippen LogP) is 3.37. The third kappa shape index (κ3) is 3.26. The average Bonchev–Trinajstić information content (AvgIpc) is 2.95. The second-order valence-electron chi connectivity index (χ2n) is 4.71. The van der Waals surface area contributed by atoms with Crippen LogP contribution in [-0.4, -0.2) is 23.4 Å². The largest absolute Gasteiger partial charge is 0.395 e. The van der Waals surface area contributed by atoms with Crippen LogP contribution in [0.4, 0.5) is 0 Å². The first-order chi connectivity index (χ1) is 9.22. The lowest BCUT2D eigenvalue weighted by atomic mass is 9.77. The van der Waals surface area contributed by atoms with Crippen molar-refractivity contribution in [2.24, 2.45) is 0 Å². The van der Waals surface area contributed by atoms with Gasteiger partial charge >= 0.3 is 0 Å². The summed E-state index contributed by atoms with van der Waals surface area (Å²) in [5, 5.41) is 23.8. The minimum Gasteiger partial charge on any atom is -0.395 e. The average molecular weight is 341 g/mol. The van der Waals surface area contributed by atoms with Crippen molar-refractivity contribution in [1.29, 1.82) is 0 Å². The molecule has 0 atom stereocenters. The topological polar surface area (TPSA) is 40.5 Å². The van der Waals surface area contributed by atoms with Crippen molar-refractivity contribution in [3.8, 4) is 0 Å². The van der Waals surface area contributed by atoms with Crippen LogP contribution in [0.1, 0.15) is 17.5 Å². The van der Waals surface area contributed by atoms with E-state index in [1.807, 2.05) is 29.6 Å². The van der Waals surface area contributed by atoms with Gasteiger partial charge in [0.15, 0.2) is 0 Å². The van der Waals surface area contributed by atoms with E-state index in [-0.39, 0.29) is 13.2 Å². The van der Waals surface area contributed by atoms with Gasteiger partial charge in [-0.25, -0.2) is 0 Å². The molecule has 0 amide bonds. The number of hydrogen-bond donors (Lipinski definition) is 2. The first kappa shape index (κ1) is 14.7. The van der Waals surface area contributed by atoms with Gasteiger partial charge in [-0.05, 0) is 46.9 Å². The van der Waals surface area contributed by atoms with Crippen molar-refractivity contribution in [3.05, 3.63) is 56.7 Å². The molecule has 0 saturated carbocycles. The zero-order valence-corrected chi connectivity index (χ0v) is 13.0. The van der Waals surface area contributed by atoms with Crippen molar-refractivity contribution in [1.82, 2.24) is 0 Å². The molecule has 2 aromatic rings. The Hall–Kier alpha value is -0.680. The second kappa shape index (κ2) is 6.66. The van der Waals surface area contributed by atoms with Crippen LogP contribution in [0.25, 0.3) is 0 Å². The molecular formula is C15H17BrO2S. The molecule has 1 heterocycles. The lowest BCUT2D eigenvalue weighted by molar-refractivity contribution is 0.109. The van der Waals surface area contributed by atoms with Crippen LogP contribution >= 0.6 is 27.3 Å². The molecule has 0 radical (unpaired) electrons. The molecule has 0 spiro atoms. The van der Waals surface area contributed by atoms with E-state index in [4.69, 9.17) is 0 Å². The molecule has 2 N–H and O–H groups in total. The first-order valence-corrected chi connectivity index (χ1v) is 7.93. The van der Waals surface area contributed by atoms with Crippen LogP contribution in [0.2, 0.25) is 0 Å². The van der Waals surface area contributed by atoms with Gasteiger partial charge in [-0.1, -0.05) is 34.1 Å². The molecule has 0 aliphatic carbocycles. The highest BCUT2D eigenvalue weighted by Crippen LogP contribution is 2.34. The molecule has 0 unspecified atom stereocenters. The Morgan fingerprint density at radius 3 is 2.42 bits per heavy atom. The van der Waals surface area contributed by atoms with Gasteiger partial charge in [0.2, 0.25) is 0 Å². The number of aliphatic hydroxyl groups is 2. The summed E-state index contributed by atoms with van der Waals surface area (Å²) in [6, 6.07) is 9.87. The summed E-state index contributed by atoms with van der Waals surface area (Å²) in [5.41, 5.74) is 1.63. The Kier molecular flexibility index (Phi) is 5.16. The predicted molar refractivity (Wildman–Crippen MR) is 82.6 cm³/mol. The summed E-state index contributed by atoms with van der Waals surface area (Å²) in [7, 11) is 0. The fourth-order valence-electron chi connectivity index (χ4n) is 2.22. The van der Waals surface area contributed by atoms with E-state index in [1.165, 1.54) is 5.56 Å². The number of hydrogen-bond acceptors (Lipinski definition) is 3. The molecule has 0 aliphatic rings. The quantitative estimate of drug-likeness (QED) is 0.846. The van der Waals surface area contributed by atoms with Gasteiger partial charge < -0.3 is 10.2 Å². The smallest absolute Gasteiger partial charge is 0.0550 e. The number of aryl methyl sites for hydroxylation is 1. The Morgan fingerprint density at radius 2 is 1.84 bits per heavy atom. The van der Waals surface area contributed by atoms with Crippen LogP contribution in [0, 0.1) is 0 Å². The molecule has 19 heavy (non-hydrogen) atoms. The van der Waals surface area contributed by atoms with Gasteiger partial charge in [0, 0.05) is 9.89 Å². The molecule has 1 aromatic heterocycles. The number of benzene rings is 1. The molecule has 0 fully saturated rings. The summed E-state index contributed by atoms with van der Waals surface area (Å²) >= 11 is 5.18. The van der Waals surface area contributed by atoms with E-state index >= 15 is 0 Å². The fraction of sp³-hybridized carbons (Fsp3) is 0.333. The fourth-order valence-corrected chi connectivity index (χ4v) is 3.63. The normalized spacial score (nSPS) is 11.7. The van der Waals surface area contributed by atoms with Crippen LogP contribution in [0.3, 0.4) is 0 Å². The van der Waals surface area contributed by atoms with Gasteiger partial charge in [0.25, 0.3) is 0 Å². The van der Waals surface area contributed by atoms with Gasteiger partial charge in [-0.15, -0.1) is 0 Å². The van der Waals surface area contributed by atoms with Crippen molar-refractivity contribution in [2.45, 2.75) is 18.3 Å². The maximum Gasteiger partial charge on any atom is 0.0550 e. The second-order valence-corrected chi connectivity index (χ2v) is 6.34. The molecule has 0 bridgehead atoms. The summed E-state index contributed by atoms with van der Waals surface area (Å²) in [6.45, 7) is -0.119. The van der Waals surface area contributed by atoms with Crippen LogP contribution in [0.15, 0.2) is 45.6 Å². The maximum atomic E-state index is 9.80. The van der Waals surface area contributed by atoms with Crippen molar-refractivity contribution in [2.75, 3.05) is 13.2 Å². The molecular weight excluding hydrogens is 324 g/mol. The highest BCUT2D eigenvalue weighted by molar-refractivity contribution is 9.10. The lowest BCUT2D eigenvalue weighted by Crippen LogP contribution is -2.35. The summed E-state index contributed by atoms with van der Waals surface area (Å²) in [5.74, 6) is 0. The Bertz CT molecular complexity index is 507. The van der Waals surface area contributed by atoms with E-state index in [9.17, 15) is 10.2 Å². The van der Waals surface area contributed by atoms with E-state index < -0.39 is 5.41 Å². The molecule has 2 rings (SSSR count). The van der Waals surface area contributed by atoms with Gasteiger partial charge in [-0.3, -0.25) is 0 Å². The van der Waals surface area contributed by atoms with Gasteiger partial charge in [0.05, 0.1) is 13.2 Å². The van der Waals surface area contributed by atoms with Crippen molar-refractivity contribution < 1.29 is 10.2 Å². The van der Waals surface area contributed by atoms with E-state index in [0.29, 0.717) is 0 Å². The molecule has 102 valence electrons. The molecule has 4 heteroatoms. The monoisotopic (exact) mass is 340 g/mol. The number of aliphatic hydroxyl groups excluding tert-OH is 2. The number of rotatable bonds is 6. The minimum atomic E-state index is -0.595. The molecule has 2 nitrogen and oxygen atoms in total. The van der Waals surface area contributed by atoms with Gasteiger partial charge in [0.1, 0.15) is 0 Å². The van der Waals surface area contributed by atoms with Crippen LogP contribution in [0.5, 0.6) is 0 Å². The third-order valence-electron chi connectivity index (χ3n) is 3.52.